The van der Waals surface area contributed by atoms with E-state index in [0.717, 1.165) is 32.0 Å². The predicted molar refractivity (Wildman–Crippen MR) is 120 cm³/mol. The predicted octanol–water partition coefficient (Wildman–Crippen LogP) is 7.15. The molecule has 28 heavy (non-hydrogen) atoms. The number of nitrogens with zero attached hydrogens (tertiary/aromatic N) is 1. The first kappa shape index (κ1) is 18.9. The number of amides is 1. The summed E-state index contributed by atoms with van der Waals surface area (Å²) < 4.78 is 0.939. The second kappa shape index (κ2) is 8.27. The van der Waals surface area contributed by atoms with E-state index in [1.54, 1.807) is 23.5 Å². The van der Waals surface area contributed by atoms with Crippen molar-refractivity contribution in [1.82, 2.24) is 4.98 Å². The summed E-state index contributed by atoms with van der Waals surface area (Å²) in [6.45, 7) is 0. The van der Waals surface area contributed by atoms with Crippen LogP contribution in [0, 0.1) is 0 Å². The summed E-state index contributed by atoms with van der Waals surface area (Å²) in [6, 6.07) is 22.6. The van der Waals surface area contributed by atoms with Gasteiger partial charge in [0.1, 0.15) is 5.01 Å². The van der Waals surface area contributed by atoms with Gasteiger partial charge in [0.25, 0.3) is 5.91 Å². The highest BCUT2D eigenvalue weighted by atomic mass is 79.9. The Kier molecular flexibility index (Phi) is 5.57. The molecule has 3 nitrogen and oxygen atoms in total. The molecule has 0 radical (unpaired) electrons. The zero-order chi connectivity index (χ0) is 19.5. The van der Waals surface area contributed by atoms with Crippen LogP contribution in [0.1, 0.15) is 10.4 Å². The van der Waals surface area contributed by atoms with Gasteiger partial charge in [0.05, 0.1) is 5.69 Å². The lowest BCUT2D eigenvalue weighted by atomic mass is 10.1. The van der Waals surface area contributed by atoms with Gasteiger partial charge in [0, 0.05) is 37.3 Å². The maximum absolute atomic E-state index is 12.3. The van der Waals surface area contributed by atoms with Crippen molar-refractivity contribution in [2.24, 2.45) is 0 Å². The van der Waals surface area contributed by atoms with Gasteiger partial charge < -0.3 is 5.32 Å². The van der Waals surface area contributed by atoms with E-state index in [2.05, 4.69) is 21.2 Å². The minimum atomic E-state index is -0.140. The highest BCUT2D eigenvalue weighted by Crippen LogP contribution is 2.30. The van der Waals surface area contributed by atoms with Gasteiger partial charge in [0.15, 0.2) is 0 Å². The molecule has 0 aliphatic heterocycles. The summed E-state index contributed by atoms with van der Waals surface area (Å²) in [5.74, 6) is -0.140. The van der Waals surface area contributed by atoms with Crippen molar-refractivity contribution in [3.05, 3.63) is 93.2 Å². The smallest absolute Gasteiger partial charge is 0.255 e. The highest BCUT2D eigenvalue weighted by Gasteiger charge is 2.09. The molecule has 4 aromatic rings. The van der Waals surface area contributed by atoms with Crippen LogP contribution in [0.3, 0.4) is 0 Å². The first-order valence-corrected chi connectivity index (χ1v) is 10.5. The fourth-order valence-corrected chi connectivity index (χ4v) is 3.89. The molecule has 0 aliphatic rings. The fourth-order valence-electron chi connectivity index (χ4n) is 2.66. The molecule has 0 aliphatic carbocycles. The molecule has 1 amide bonds. The first-order valence-electron chi connectivity index (χ1n) is 8.47. The number of hydrogen-bond donors (Lipinski definition) is 1. The Balaban J connectivity index is 1.48. The van der Waals surface area contributed by atoms with Crippen LogP contribution in [0.4, 0.5) is 5.69 Å². The van der Waals surface area contributed by atoms with E-state index in [9.17, 15) is 4.79 Å². The molecule has 0 saturated carbocycles. The van der Waals surface area contributed by atoms with Crippen LogP contribution in [-0.2, 0) is 0 Å². The van der Waals surface area contributed by atoms with Crippen molar-refractivity contribution >= 4 is 50.5 Å². The molecular formula is C22H14BrClN2OS. The molecular weight excluding hydrogens is 456 g/mol. The molecule has 0 unspecified atom stereocenters. The van der Waals surface area contributed by atoms with Gasteiger partial charge in [-0.2, -0.15) is 0 Å². The molecule has 1 aromatic heterocycles. The zero-order valence-electron chi connectivity index (χ0n) is 14.5. The second-order valence-electron chi connectivity index (χ2n) is 6.08. The third-order valence-corrected chi connectivity index (χ3v) is 5.81. The minimum Gasteiger partial charge on any atom is -0.322 e. The van der Waals surface area contributed by atoms with Crippen molar-refractivity contribution < 1.29 is 4.79 Å². The molecule has 6 heteroatoms. The summed E-state index contributed by atoms with van der Waals surface area (Å²) in [7, 11) is 0. The van der Waals surface area contributed by atoms with Gasteiger partial charge in [-0.15, -0.1) is 11.3 Å². The molecule has 4 rings (SSSR count). The van der Waals surface area contributed by atoms with Gasteiger partial charge >= 0.3 is 0 Å². The Bertz CT molecular complexity index is 1110. The summed E-state index contributed by atoms with van der Waals surface area (Å²) in [5, 5.41) is 6.59. The van der Waals surface area contributed by atoms with Gasteiger partial charge in [-0.05, 0) is 48.5 Å². The number of halogens is 2. The van der Waals surface area contributed by atoms with Crippen LogP contribution in [0.15, 0.2) is 82.6 Å². The van der Waals surface area contributed by atoms with E-state index in [4.69, 9.17) is 16.6 Å². The minimum absolute atomic E-state index is 0.140. The Morgan fingerprint density at radius 3 is 2.21 bits per heavy atom. The highest BCUT2D eigenvalue weighted by molar-refractivity contribution is 9.10. The van der Waals surface area contributed by atoms with E-state index < -0.39 is 0 Å². The van der Waals surface area contributed by atoms with Crippen LogP contribution in [0.25, 0.3) is 21.8 Å². The molecule has 1 N–H and O–H groups in total. The number of aromatic nitrogens is 1. The molecule has 0 saturated heterocycles. The average Bonchev–Trinajstić information content (AvgIpc) is 3.20. The van der Waals surface area contributed by atoms with Crippen LogP contribution >= 0.6 is 38.9 Å². The summed E-state index contributed by atoms with van der Waals surface area (Å²) in [5.41, 5.74) is 4.29. The van der Waals surface area contributed by atoms with Crippen LogP contribution in [-0.4, -0.2) is 10.9 Å². The Hall–Kier alpha value is -2.47. The number of anilines is 1. The summed E-state index contributed by atoms with van der Waals surface area (Å²) >= 11 is 10.9. The van der Waals surface area contributed by atoms with Gasteiger partial charge in [0.2, 0.25) is 0 Å². The van der Waals surface area contributed by atoms with E-state index in [1.165, 1.54) is 0 Å². The number of rotatable bonds is 4. The quantitative estimate of drug-likeness (QED) is 0.345. The Labute approximate surface area is 180 Å². The topological polar surface area (TPSA) is 42.0 Å². The summed E-state index contributed by atoms with van der Waals surface area (Å²) in [6.07, 6.45) is 0. The number of carbonyl (C=O) groups excluding carboxylic acids is 1. The third-order valence-electron chi connectivity index (χ3n) is 4.14. The van der Waals surface area contributed by atoms with E-state index in [1.807, 2.05) is 66.0 Å². The SMILES string of the molecule is O=C(Nc1ccc(-c2csc(-c3ccc(Cl)cc3)n2)cc1)c1ccc(Br)cc1. The first-order chi connectivity index (χ1) is 13.6. The number of hydrogen-bond acceptors (Lipinski definition) is 3. The average molecular weight is 470 g/mol. The van der Waals surface area contributed by atoms with Crippen LogP contribution in [0.2, 0.25) is 5.02 Å². The largest absolute Gasteiger partial charge is 0.322 e. The van der Waals surface area contributed by atoms with Crippen molar-refractivity contribution in [3.63, 3.8) is 0 Å². The lowest BCUT2D eigenvalue weighted by Gasteiger charge is -2.06. The van der Waals surface area contributed by atoms with Crippen LogP contribution in [0.5, 0.6) is 0 Å². The molecule has 1 heterocycles. The fraction of sp³-hybridized carbons (Fsp3) is 0. The molecule has 0 atom stereocenters. The monoisotopic (exact) mass is 468 g/mol. The van der Waals surface area contributed by atoms with Crippen molar-refractivity contribution in [2.45, 2.75) is 0 Å². The van der Waals surface area contributed by atoms with Crippen molar-refractivity contribution in [3.8, 4) is 21.8 Å². The summed E-state index contributed by atoms with van der Waals surface area (Å²) in [4.78, 5) is 17.0. The van der Waals surface area contributed by atoms with E-state index in [0.29, 0.717) is 10.6 Å². The van der Waals surface area contributed by atoms with E-state index >= 15 is 0 Å². The molecule has 0 bridgehead atoms. The van der Waals surface area contributed by atoms with Crippen LogP contribution < -0.4 is 5.32 Å². The third kappa shape index (κ3) is 4.33. The number of carbonyl (C=O) groups is 1. The molecule has 0 fully saturated rings. The van der Waals surface area contributed by atoms with Gasteiger partial charge in [-0.25, -0.2) is 4.98 Å². The van der Waals surface area contributed by atoms with E-state index in [-0.39, 0.29) is 5.91 Å². The van der Waals surface area contributed by atoms with Crippen molar-refractivity contribution in [2.75, 3.05) is 5.32 Å². The maximum Gasteiger partial charge on any atom is 0.255 e. The molecule has 3 aromatic carbocycles. The molecule has 0 spiro atoms. The van der Waals surface area contributed by atoms with Gasteiger partial charge in [-0.1, -0.05) is 51.8 Å². The second-order valence-corrected chi connectivity index (χ2v) is 8.29. The number of benzene rings is 3. The van der Waals surface area contributed by atoms with Crippen molar-refractivity contribution in [1.29, 1.82) is 0 Å². The Morgan fingerprint density at radius 1 is 0.893 bits per heavy atom. The lowest BCUT2D eigenvalue weighted by Crippen LogP contribution is -2.11. The van der Waals surface area contributed by atoms with Gasteiger partial charge in [-0.3, -0.25) is 4.79 Å². The number of nitrogens with one attached hydrogen (secondary N) is 1. The maximum atomic E-state index is 12.3. The Morgan fingerprint density at radius 2 is 1.54 bits per heavy atom. The standard InChI is InChI=1S/C22H14BrClN2OS/c23-17-7-1-15(2-8-17)21(27)25-19-11-5-14(6-12-19)20-13-28-22(26-20)16-3-9-18(24)10-4-16/h1-13H,(H,25,27). The normalized spacial score (nSPS) is 10.6. The lowest BCUT2D eigenvalue weighted by molar-refractivity contribution is 0.102. The molecule has 138 valence electrons. The number of thiazole rings is 1. The zero-order valence-corrected chi connectivity index (χ0v) is 17.7.